The summed E-state index contributed by atoms with van der Waals surface area (Å²) in [6, 6.07) is 2.06. The third-order valence-corrected chi connectivity index (χ3v) is 8.81. The number of ketones is 2. The van der Waals surface area contributed by atoms with Crippen molar-refractivity contribution in [2.24, 2.45) is 23.5 Å². The molecular formula is C28H34N4O8. The number of nitrogens with two attached hydrogens (primary N) is 1. The van der Waals surface area contributed by atoms with Gasteiger partial charge in [-0.2, -0.15) is 0 Å². The van der Waals surface area contributed by atoms with Gasteiger partial charge in [-0.25, -0.2) is 0 Å². The molecule has 1 aromatic carbocycles. The Morgan fingerprint density at radius 3 is 2.45 bits per heavy atom. The average molecular weight is 555 g/mol. The van der Waals surface area contributed by atoms with Crippen LogP contribution in [0, 0.1) is 17.8 Å². The predicted molar refractivity (Wildman–Crippen MR) is 143 cm³/mol. The molecule has 8 N–H and O–H groups in total. The summed E-state index contributed by atoms with van der Waals surface area (Å²) in [6.07, 6.45) is 3.64. The Bertz CT molecular complexity index is 1380. The molecule has 0 heterocycles. The standard InChI is InChI=1S/C28H34N4O8/c1-32(2)21-15-9-14-8-13-6-7-16(31-17(33)11-30-10-12-4-3-5-12)22(34)18(13)23(35)19(14)25(37)28(15,40)26(38)20(24(21)36)27(29)39/h6-7,12,14-15,21,30,34,36-37,40H,3-5,8-11H2,1-2H3,(H2,29,39)(H,31,33)/t14?,15?,21-,28?/m0/s1. The first-order valence-corrected chi connectivity index (χ1v) is 13.4. The highest BCUT2D eigenvalue weighted by molar-refractivity contribution is 6.25. The van der Waals surface area contributed by atoms with Crippen molar-refractivity contribution in [3.8, 4) is 5.75 Å². The van der Waals surface area contributed by atoms with Crippen molar-refractivity contribution in [3.63, 3.8) is 0 Å². The summed E-state index contributed by atoms with van der Waals surface area (Å²) in [5.41, 5.74) is 1.88. The van der Waals surface area contributed by atoms with Crippen molar-refractivity contribution in [1.29, 1.82) is 0 Å². The number of amides is 2. The maximum Gasteiger partial charge on any atom is 0.255 e. The molecule has 1 aromatic rings. The summed E-state index contributed by atoms with van der Waals surface area (Å²) in [4.78, 5) is 53.1. The lowest BCUT2D eigenvalue weighted by molar-refractivity contribution is -0.148. The Balaban J connectivity index is 1.49. The minimum atomic E-state index is -2.70. The number of hydrogen-bond acceptors (Lipinski definition) is 10. The molecule has 12 heteroatoms. The number of phenolic OH excluding ortho intramolecular Hbond substituents is 1. The minimum Gasteiger partial charge on any atom is -0.510 e. The molecule has 3 unspecified atom stereocenters. The minimum absolute atomic E-state index is 0.0116. The molecule has 0 radical (unpaired) electrons. The Morgan fingerprint density at radius 1 is 1.15 bits per heavy atom. The number of nitrogens with one attached hydrogen (secondary N) is 2. The molecule has 0 aromatic heterocycles. The number of primary amides is 1. The number of anilines is 1. The first-order chi connectivity index (χ1) is 18.9. The second kappa shape index (κ2) is 10.0. The van der Waals surface area contributed by atoms with Crippen LogP contribution in [0.15, 0.2) is 34.8 Å². The van der Waals surface area contributed by atoms with E-state index in [1.54, 1.807) is 20.2 Å². The number of likely N-dealkylation sites (N-methyl/N-ethyl adjacent to an activating group) is 1. The van der Waals surface area contributed by atoms with E-state index in [0.717, 1.165) is 19.4 Å². The van der Waals surface area contributed by atoms with Gasteiger partial charge in [-0.3, -0.25) is 24.1 Å². The fourth-order valence-corrected chi connectivity index (χ4v) is 6.61. The lowest BCUT2D eigenvalue weighted by Gasteiger charge is -2.50. The number of carbonyl (C=O) groups excluding carboxylic acids is 4. The van der Waals surface area contributed by atoms with E-state index in [4.69, 9.17) is 5.73 Å². The Kier molecular flexibility index (Phi) is 6.97. The molecule has 0 spiro atoms. The number of Topliss-reactive ketones (excluding diaryl/α,β-unsaturated/α-hetero) is 2. The van der Waals surface area contributed by atoms with E-state index in [9.17, 15) is 39.6 Å². The maximum atomic E-state index is 13.7. The second-order valence-electron chi connectivity index (χ2n) is 11.4. The highest BCUT2D eigenvalue weighted by Gasteiger charge is 2.63. The third kappa shape index (κ3) is 4.18. The van der Waals surface area contributed by atoms with Crippen LogP contribution in [0.25, 0.3) is 0 Å². The summed E-state index contributed by atoms with van der Waals surface area (Å²) in [5.74, 6) is -6.98. The molecule has 0 bridgehead atoms. The van der Waals surface area contributed by atoms with Crippen LogP contribution in [0.2, 0.25) is 0 Å². The van der Waals surface area contributed by atoms with E-state index in [-0.39, 0.29) is 36.2 Å². The van der Waals surface area contributed by atoms with Gasteiger partial charge >= 0.3 is 0 Å². The number of aliphatic hydroxyl groups excluding tert-OH is 2. The first-order valence-electron chi connectivity index (χ1n) is 13.4. The number of nitrogens with zero attached hydrogens (tertiary/aromatic N) is 1. The van der Waals surface area contributed by atoms with Crippen LogP contribution in [-0.2, 0) is 20.8 Å². The second-order valence-corrected chi connectivity index (χ2v) is 11.4. The van der Waals surface area contributed by atoms with Gasteiger partial charge < -0.3 is 36.8 Å². The van der Waals surface area contributed by atoms with Gasteiger partial charge in [0.1, 0.15) is 17.1 Å². The molecule has 5 rings (SSSR count). The van der Waals surface area contributed by atoms with Crippen molar-refractivity contribution in [3.05, 3.63) is 45.9 Å². The van der Waals surface area contributed by atoms with Crippen molar-refractivity contribution < 1.29 is 39.6 Å². The zero-order valence-electron chi connectivity index (χ0n) is 22.4. The molecule has 4 aliphatic carbocycles. The molecular weight excluding hydrogens is 520 g/mol. The number of carbonyl (C=O) groups is 4. The van der Waals surface area contributed by atoms with Crippen LogP contribution in [0.3, 0.4) is 0 Å². The van der Waals surface area contributed by atoms with Gasteiger partial charge in [0.05, 0.1) is 23.8 Å². The Morgan fingerprint density at radius 2 is 1.85 bits per heavy atom. The normalized spacial score (nSPS) is 28.1. The predicted octanol–water partition coefficient (Wildman–Crippen LogP) is 0.449. The topological polar surface area (TPSA) is 203 Å². The van der Waals surface area contributed by atoms with Crippen molar-refractivity contribution in [2.45, 2.75) is 43.7 Å². The van der Waals surface area contributed by atoms with Gasteiger partial charge in [-0.05, 0) is 69.8 Å². The molecule has 0 saturated heterocycles. The zero-order chi connectivity index (χ0) is 29.1. The number of fused-ring (bicyclic) bond motifs is 3. The van der Waals surface area contributed by atoms with Crippen LogP contribution in [0.4, 0.5) is 5.69 Å². The third-order valence-electron chi connectivity index (χ3n) is 8.81. The first kappa shape index (κ1) is 27.8. The largest absolute Gasteiger partial charge is 0.510 e. The van der Waals surface area contributed by atoms with Crippen LogP contribution in [0.5, 0.6) is 5.75 Å². The molecule has 0 aliphatic heterocycles. The number of hydrogen-bond donors (Lipinski definition) is 7. The summed E-state index contributed by atoms with van der Waals surface area (Å²) >= 11 is 0. The highest BCUT2D eigenvalue weighted by atomic mass is 16.3. The maximum absolute atomic E-state index is 13.7. The average Bonchev–Trinajstić information content (AvgIpc) is 2.84. The fraction of sp³-hybridized carbons (Fsp3) is 0.500. The van der Waals surface area contributed by atoms with Gasteiger partial charge in [-0.15, -0.1) is 0 Å². The van der Waals surface area contributed by atoms with E-state index in [0.29, 0.717) is 11.5 Å². The van der Waals surface area contributed by atoms with Gasteiger partial charge in [0.2, 0.25) is 11.7 Å². The van der Waals surface area contributed by atoms with Crippen molar-refractivity contribution in [1.82, 2.24) is 10.2 Å². The van der Waals surface area contributed by atoms with E-state index < -0.39 is 69.7 Å². The number of allylic oxidation sites excluding steroid dienone is 1. The fourth-order valence-electron chi connectivity index (χ4n) is 6.61. The quantitative estimate of drug-likeness (QED) is 0.183. The summed E-state index contributed by atoms with van der Waals surface area (Å²) < 4.78 is 0. The van der Waals surface area contributed by atoms with Crippen LogP contribution >= 0.6 is 0 Å². The van der Waals surface area contributed by atoms with E-state index in [1.165, 1.54) is 17.4 Å². The summed E-state index contributed by atoms with van der Waals surface area (Å²) in [7, 11) is 3.15. The van der Waals surface area contributed by atoms with Gasteiger partial charge in [0.25, 0.3) is 5.91 Å². The molecule has 4 atom stereocenters. The van der Waals surface area contributed by atoms with Crippen LogP contribution < -0.4 is 16.4 Å². The molecule has 1 fully saturated rings. The lowest BCUT2D eigenvalue weighted by Crippen LogP contribution is -2.63. The van der Waals surface area contributed by atoms with Crippen LogP contribution in [0.1, 0.15) is 41.6 Å². The number of benzene rings is 1. The Hall–Kier alpha value is -3.74. The number of aliphatic hydroxyl groups is 3. The van der Waals surface area contributed by atoms with E-state index >= 15 is 0 Å². The highest BCUT2D eigenvalue weighted by Crippen LogP contribution is 2.52. The van der Waals surface area contributed by atoms with Crippen molar-refractivity contribution >= 4 is 29.1 Å². The molecule has 2 amide bonds. The van der Waals surface area contributed by atoms with E-state index in [2.05, 4.69) is 10.6 Å². The SMILES string of the molecule is CN(C)[C@@H]1C(O)=C(C(N)=O)C(=O)C2(O)C(O)=C3C(=O)c4c(ccc(NC(=O)CNCC5CCC5)c4O)CC3CC12. The zero-order valence-corrected chi connectivity index (χ0v) is 22.4. The molecule has 4 aliphatic rings. The van der Waals surface area contributed by atoms with Gasteiger partial charge in [0, 0.05) is 11.5 Å². The lowest BCUT2D eigenvalue weighted by atomic mass is 9.58. The van der Waals surface area contributed by atoms with Crippen LogP contribution in [-0.4, -0.2) is 87.5 Å². The summed E-state index contributed by atoms with van der Waals surface area (Å²) in [6.45, 7) is 0.750. The van der Waals surface area contributed by atoms with Crippen molar-refractivity contribution in [2.75, 3.05) is 32.5 Å². The summed E-state index contributed by atoms with van der Waals surface area (Å²) in [5, 5.41) is 50.5. The molecule has 214 valence electrons. The molecule has 12 nitrogen and oxygen atoms in total. The molecule has 1 saturated carbocycles. The molecule has 40 heavy (non-hydrogen) atoms. The van der Waals surface area contributed by atoms with Gasteiger partial charge in [0.15, 0.2) is 17.1 Å². The number of rotatable bonds is 7. The van der Waals surface area contributed by atoms with Gasteiger partial charge in [-0.1, -0.05) is 12.5 Å². The monoisotopic (exact) mass is 554 g/mol. The number of phenols is 1. The number of aromatic hydroxyl groups is 1. The Labute approximate surface area is 230 Å². The van der Waals surface area contributed by atoms with E-state index in [1.807, 2.05) is 0 Å². The smallest absolute Gasteiger partial charge is 0.255 e.